The molecular formula is C27H17F6N3. The summed E-state index contributed by atoms with van der Waals surface area (Å²) in [5.41, 5.74) is 3.69. The van der Waals surface area contributed by atoms with Crippen molar-refractivity contribution in [3.8, 4) is 45.3 Å². The maximum Gasteiger partial charge on any atom is 0.416 e. The zero-order chi connectivity index (χ0) is 25.5. The number of hydrogen-bond acceptors (Lipinski definition) is 1. The summed E-state index contributed by atoms with van der Waals surface area (Å²) in [6.07, 6.45) is -8.79. The van der Waals surface area contributed by atoms with Crippen molar-refractivity contribution < 1.29 is 26.3 Å². The van der Waals surface area contributed by atoms with Gasteiger partial charge in [0.2, 0.25) is 0 Å². The Morgan fingerprint density at radius 2 is 0.806 bits per heavy atom. The molecule has 0 amide bonds. The Hall–Kier alpha value is -4.27. The average molecular weight is 497 g/mol. The Morgan fingerprint density at radius 1 is 0.444 bits per heavy atom. The second kappa shape index (κ2) is 8.75. The molecule has 0 unspecified atom stereocenters. The van der Waals surface area contributed by atoms with Crippen molar-refractivity contribution in [2.45, 2.75) is 12.4 Å². The minimum atomic E-state index is -4.39. The van der Waals surface area contributed by atoms with Crippen LogP contribution >= 0.6 is 0 Å². The van der Waals surface area contributed by atoms with Gasteiger partial charge in [0.25, 0.3) is 0 Å². The molecule has 36 heavy (non-hydrogen) atoms. The van der Waals surface area contributed by atoms with Gasteiger partial charge in [0.1, 0.15) is 0 Å². The molecule has 0 saturated heterocycles. The minimum absolute atomic E-state index is 0.607. The van der Waals surface area contributed by atoms with E-state index < -0.39 is 23.5 Å². The van der Waals surface area contributed by atoms with Crippen LogP contribution in [0.1, 0.15) is 11.1 Å². The average Bonchev–Trinajstić information content (AvgIpc) is 3.54. The van der Waals surface area contributed by atoms with Gasteiger partial charge in [0.05, 0.1) is 33.9 Å². The molecule has 0 radical (unpaired) electrons. The van der Waals surface area contributed by atoms with Crippen LogP contribution in [0.5, 0.6) is 0 Å². The second-order valence-electron chi connectivity index (χ2n) is 8.13. The summed E-state index contributed by atoms with van der Waals surface area (Å²) in [5.74, 6) is 0. The Morgan fingerprint density at radius 3 is 1.17 bits per heavy atom. The maximum atomic E-state index is 12.8. The van der Waals surface area contributed by atoms with Crippen molar-refractivity contribution in [2.75, 3.05) is 0 Å². The molecule has 0 aliphatic heterocycles. The van der Waals surface area contributed by atoms with Crippen molar-refractivity contribution in [3.63, 3.8) is 0 Å². The highest BCUT2D eigenvalue weighted by atomic mass is 19.4. The molecule has 0 spiro atoms. The van der Waals surface area contributed by atoms with Crippen LogP contribution in [0, 0.1) is 0 Å². The lowest BCUT2D eigenvalue weighted by Gasteiger charge is -2.07. The molecule has 0 aliphatic carbocycles. The third-order valence-electron chi connectivity index (χ3n) is 5.72. The predicted molar refractivity (Wildman–Crippen MR) is 125 cm³/mol. The number of nitrogens with zero attached hydrogens (tertiary/aromatic N) is 1. The van der Waals surface area contributed by atoms with Crippen LogP contribution in [0.2, 0.25) is 0 Å². The minimum Gasteiger partial charge on any atom is -0.353 e. The van der Waals surface area contributed by atoms with Crippen LogP contribution in [-0.4, -0.2) is 15.0 Å². The molecule has 3 nitrogen and oxygen atoms in total. The largest absolute Gasteiger partial charge is 0.416 e. The van der Waals surface area contributed by atoms with E-state index in [9.17, 15) is 26.3 Å². The molecule has 182 valence electrons. The number of hydrogen-bond donors (Lipinski definition) is 2. The summed E-state index contributed by atoms with van der Waals surface area (Å²) >= 11 is 0. The van der Waals surface area contributed by atoms with E-state index in [1.165, 1.54) is 24.3 Å². The number of halogens is 6. The maximum absolute atomic E-state index is 12.8. The number of nitrogens with one attached hydrogen (secondary N) is 2. The molecule has 3 heterocycles. The first kappa shape index (κ1) is 23.5. The van der Waals surface area contributed by atoms with Gasteiger partial charge in [-0.2, -0.15) is 26.3 Å². The van der Waals surface area contributed by atoms with Crippen molar-refractivity contribution >= 4 is 0 Å². The van der Waals surface area contributed by atoms with E-state index in [0.29, 0.717) is 45.3 Å². The third-order valence-corrected chi connectivity index (χ3v) is 5.72. The molecule has 0 bridgehead atoms. The first-order chi connectivity index (χ1) is 17.1. The van der Waals surface area contributed by atoms with Crippen LogP contribution in [0.4, 0.5) is 26.3 Å². The van der Waals surface area contributed by atoms with Gasteiger partial charge in [-0.1, -0.05) is 30.3 Å². The molecule has 0 atom stereocenters. The van der Waals surface area contributed by atoms with Crippen LogP contribution in [0.25, 0.3) is 45.3 Å². The Labute approximate surface area is 201 Å². The van der Waals surface area contributed by atoms with E-state index in [2.05, 4.69) is 15.0 Å². The first-order valence-corrected chi connectivity index (χ1v) is 10.8. The van der Waals surface area contributed by atoms with Crippen LogP contribution in [0.3, 0.4) is 0 Å². The van der Waals surface area contributed by atoms with E-state index >= 15 is 0 Å². The summed E-state index contributed by atoms with van der Waals surface area (Å²) in [6.45, 7) is 0. The first-order valence-electron chi connectivity index (χ1n) is 10.8. The van der Waals surface area contributed by atoms with Gasteiger partial charge in [-0.15, -0.1) is 0 Å². The van der Waals surface area contributed by atoms with E-state index in [0.717, 1.165) is 24.3 Å². The summed E-state index contributed by atoms with van der Waals surface area (Å²) in [4.78, 5) is 11.0. The monoisotopic (exact) mass is 497 g/mol. The fourth-order valence-electron chi connectivity index (χ4n) is 3.84. The predicted octanol–water partition coefficient (Wildman–Crippen LogP) is 8.44. The fraction of sp³-hybridized carbons (Fsp3) is 0.0741. The molecule has 9 heteroatoms. The van der Waals surface area contributed by atoms with Crippen LogP contribution in [0.15, 0.2) is 91.0 Å². The van der Waals surface area contributed by atoms with Crippen molar-refractivity contribution in [3.05, 3.63) is 102 Å². The van der Waals surface area contributed by atoms with Gasteiger partial charge in [-0.25, -0.2) is 4.98 Å². The lowest BCUT2D eigenvalue weighted by atomic mass is 10.1. The number of alkyl halides is 6. The highest BCUT2D eigenvalue weighted by molar-refractivity contribution is 5.70. The third kappa shape index (κ3) is 4.77. The van der Waals surface area contributed by atoms with Gasteiger partial charge < -0.3 is 9.97 Å². The van der Waals surface area contributed by atoms with Gasteiger partial charge in [-0.05, 0) is 71.8 Å². The highest BCUT2D eigenvalue weighted by Gasteiger charge is 2.30. The number of pyridine rings is 1. The van der Waals surface area contributed by atoms with Gasteiger partial charge in [0.15, 0.2) is 0 Å². The van der Waals surface area contributed by atoms with E-state index in [4.69, 9.17) is 0 Å². The molecular weight excluding hydrogens is 480 g/mol. The number of H-pyrrole nitrogens is 2. The van der Waals surface area contributed by atoms with E-state index in [1.54, 1.807) is 36.4 Å². The smallest absolute Gasteiger partial charge is 0.353 e. The van der Waals surface area contributed by atoms with Crippen molar-refractivity contribution in [1.29, 1.82) is 0 Å². The summed E-state index contributed by atoms with van der Waals surface area (Å²) in [7, 11) is 0. The molecule has 5 rings (SSSR count). The number of rotatable bonds is 4. The molecule has 3 aromatic heterocycles. The zero-order valence-electron chi connectivity index (χ0n) is 18.4. The lowest BCUT2D eigenvalue weighted by molar-refractivity contribution is -0.138. The van der Waals surface area contributed by atoms with Gasteiger partial charge in [-0.3, -0.25) is 0 Å². The van der Waals surface area contributed by atoms with Crippen LogP contribution < -0.4 is 0 Å². The molecule has 0 saturated carbocycles. The topological polar surface area (TPSA) is 44.5 Å². The molecule has 2 N–H and O–H groups in total. The van der Waals surface area contributed by atoms with E-state index in [-0.39, 0.29) is 0 Å². The summed E-state index contributed by atoms with van der Waals surface area (Å²) in [5, 5.41) is 0. The molecule has 0 fully saturated rings. The summed E-state index contributed by atoms with van der Waals surface area (Å²) < 4.78 is 76.9. The number of benzene rings is 2. The Balaban J connectivity index is 1.38. The van der Waals surface area contributed by atoms with Gasteiger partial charge >= 0.3 is 12.4 Å². The van der Waals surface area contributed by atoms with Crippen LogP contribution in [-0.2, 0) is 12.4 Å². The normalized spacial score (nSPS) is 12.2. The lowest BCUT2D eigenvalue weighted by Crippen LogP contribution is -2.03. The van der Waals surface area contributed by atoms with Crippen molar-refractivity contribution in [1.82, 2.24) is 15.0 Å². The molecule has 2 aromatic carbocycles. The van der Waals surface area contributed by atoms with Gasteiger partial charge in [0, 0.05) is 11.4 Å². The highest BCUT2D eigenvalue weighted by Crippen LogP contribution is 2.33. The Kier molecular flexibility index (Phi) is 5.70. The van der Waals surface area contributed by atoms with Crippen molar-refractivity contribution in [2.24, 2.45) is 0 Å². The second-order valence-corrected chi connectivity index (χ2v) is 8.13. The Bertz CT molecular complexity index is 1380. The summed E-state index contributed by atoms with van der Waals surface area (Å²) in [6, 6.07) is 22.3. The van der Waals surface area contributed by atoms with E-state index in [1.807, 2.05) is 6.07 Å². The number of aromatic amines is 2. The quantitative estimate of drug-likeness (QED) is 0.241. The molecule has 0 aliphatic rings. The number of aromatic nitrogens is 3. The fourth-order valence-corrected chi connectivity index (χ4v) is 3.84. The zero-order valence-corrected chi connectivity index (χ0v) is 18.4. The standard InChI is InChI=1S/C27H17F6N3/c28-26(29,30)18-8-4-16(5-9-18)20-12-14-24(34-20)22-2-1-3-23(36-22)25-15-13-21(35-25)17-6-10-19(11-7-17)27(31,32)33/h1-15,34-35H. The molecule has 5 aromatic rings. The SMILES string of the molecule is FC(F)(F)c1ccc(-c2ccc(-c3cccc(-c4ccc(-c5ccc(C(F)(F)F)cc5)[nH]4)n3)[nH]2)cc1.